The van der Waals surface area contributed by atoms with Gasteiger partial charge in [-0.05, 0) is 76.4 Å². The zero-order valence-corrected chi connectivity index (χ0v) is 22.5. The molecule has 2 aliphatic rings. The Balaban J connectivity index is 1.16. The maximum Gasteiger partial charge on any atom is 0.0482 e. The molecule has 2 fully saturated rings. The number of benzene rings is 2. The fourth-order valence-electron chi connectivity index (χ4n) is 4.67. The van der Waals surface area contributed by atoms with Gasteiger partial charge in [-0.1, -0.05) is 23.9 Å². The molecule has 2 aromatic carbocycles. The maximum absolute atomic E-state index is 3.68. The SMILES string of the molecule is CN1CCN(CCCNc2ccc(Sc3ccccc3NCCCN3CCN(C)CC3)cc2)CC1. The molecule has 0 aliphatic carbocycles. The van der Waals surface area contributed by atoms with Crippen molar-refractivity contribution in [3.8, 4) is 0 Å². The van der Waals surface area contributed by atoms with E-state index in [0.29, 0.717) is 0 Å². The highest BCUT2D eigenvalue weighted by molar-refractivity contribution is 7.99. The van der Waals surface area contributed by atoms with E-state index in [1.165, 1.54) is 99.5 Å². The summed E-state index contributed by atoms with van der Waals surface area (Å²) in [6, 6.07) is 17.6. The van der Waals surface area contributed by atoms with E-state index in [0.717, 1.165) is 13.1 Å². The molecule has 4 rings (SSSR count). The Kier molecular flexibility index (Phi) is 10.6. The lowest BCUT2D eigenvalue weighted by molar-refractivity contribution is 0.154. The van der Waals surface area contributed by atoms with Crippen LogP contribution in [-0.2, 0) is 0 Å². The van der Waals surface area contributed by atoms with Crippen molar-refractivity contribution in [2.75, 3.05) is 103 Å². The third-order valence-corrected chi connectivity index (χ3v) is 8.19. The summed E-state index contributed by atoms with van der Waals surface area (Å²) in [6.07, 6.45) is 2.37. The highest BCUT2D eigenvalue weighted by atomic mass is 32.2. The molecule has 192 valence electrons. The third kappa shape index (κ3) is 8.99. The van der Waals surface area contributed by atoms with Crippen LogP contribution in [0, 0.1) is 0 Å². The molecule has 0 amide bonds. The molecule has 2 heterocycles. The lowest BCUT2D eigenvalue weighted by Crippen LogP contribution is -2.44. The number of anilines is 2. The van der Waals surface area contributed by atoms with Gasteiger partial charge in [0.15, 0.2) is 0 Å². The van der Waals surface area contributed by atoms with E-state index in [-0.39, 0.29) is 0 Å². The fraction of sp³-hybridized carbons (Fsp3) is 0.571. The van der Waals surface area contributed by atoms with E-state index in [2.05, 4.69) is 92.9 Å². The van der Waals surface area contributed by atoms with Gasteiger partial charge in [-0.25, -0.2) is 0 Å². The standard InChI is InChI=1S/C28H44N6S/c1-31-17-21-33(22-18-31)15-5-13-29-25-9-11-26(12-10-25)35-28-8-4-3-7-27(28)30-14-6-16-34-23-19-32(2)20-24-34/h3-4,7-12,29-30H,5-6,13-24H2,1-2H3. The van der Waals surface area contributed by atoms with Gasteiger partial charge in [-0.2, -0.15) is 0 Å². The topological polar surface area (TPSA) is 37.0 Å². The van der Waals surface area contributed by atoms with Crippen LogP contribution in [0.2, 0.25) is 0 Å². The molecule has 0 saturated carbocycles. The van der Waals surface area contributed by atoms with Crippen LogP contribution in [0.25, 0.3) is 0 Å². The molecule has 2 aromatic rings. The summed E-state index contributed by atoms with van der Waals surface area (Å²) in [6.45, 7) is 14.0. The van der Waals surface area contributed by atoms with E-state index in [4.69, 9.17) is 0 Å². The van der Waals surface area contributed by atoms with Gasteiger partial charge in [0.1, 0.15) is 0 Å². The Bertz CT molecular complexity index is 860. The molecular formula is C28H44N6S. The second-order valence-corrected chi connectivity index (χ2v) is 11.1. The highest BCUT2D eigenvalue weighted by Crippen LogP contribution is 2.33. The van der Waals surface area contributed by atoms with E-state index < -0.39 is 0 Å². The van der Waals surface area contributed by atoms with Crippen LogP contribution in [0.4, 0.5) is 11.4 Å². The number of hydrogen-bond acceptors (Lipinski definition) is 7. The Labute approximate surface area is 217 Å². The number of nitrogens with one attached hydrogen (secondary N) is 2. The molecule has 0 radical (unpaired) electrons. The molecule has 2 aliphatic heterocycles. The summed E-state index contributed by atoms with van der Waals surface area (Å²) in [4.78, 5) is 12.6. The molecule has 7 heteroatoms. The van der Waals surface area contributed by atoms with Crippen molar-refractivity contribution in [3.63, 3.8) is 0 Å². The van der Waals surface area contributed by atoms with Gasteiger partial charge in [-0.3, -0.25) is 0 Å². The quantitative estimate of drug-likeness (QED) is 0.431. The third-order valence-electron chi connectivity index (χ3n) is 7.11. The van der Waals surface area contributed by atoms with E-state index in [9.17, 15) is 0 Å². The van der Waals surface area contributed by atoms with Crippen LogP contribution in [0.15, 0.2) is 58.3 Å². The Morgan fingerprint density at radius 2 is 1.20 bits per heavy atom. The summed E-state index contributed by atoms with van der Waals surface area (Å²) in [7, 11) is 4.43. The molecule has 0 aromatic heterocycles. The zero-order valence-electron chi connectivity index (χ0n) is 21.7. The second-order valence-electron chi connectivity index (χ2n) is 9.97. The number of likely N-dealkylation sites (N-methyl/N-ethyl adjacent to an activating group) is 2. The van der Waals surface area contributed by atoms with Gasteiger partial charge >= 0.3 is 0 Å². The molecule has 0 unspecified atom stereocenters. The van der Waals surface area contributed by atoms with Crippen LogP contribution < -0.4 is 10.6 Å². The first kappa shape index (κ1) is 26.3. The maximum atomic E-state index is 3.68. The van der Waals surface area contributed by atoms with Gasteiger partial charge in [0.25, 0.3) is 0 Å². The minimum absolute atomic E-state index is 1.01. The molecule has 2 saturated heterocycles. The average Bonchev–Trinajstić information content (AvgIpc) is 2.88. The lowest BCUT2D eigenvalue weighted by atomic mass is 10.3. The number of hydrogen-bond donors (Lipinski definition) is 2. The van der Waals surface area contributed by atoms with E-state index in [1.54, 1.807) is 0 Å². The van der Waals surface area contributed by atoms with Gasteiger partial charge in [0.2, 0.25) is 0 Å². The largest absolute Gasteiger partial charge is 0.385 e. The summed E-state index contributed by atoms with van der Waals surface area (Å²) in [5.74, 6) is 0. The lowest BCUT2D eigenvalue weighted by Gasteiger charge is -2.32. The first-order valence-electron chi connectivity index (χ1n) is 13.3. The summed E-state index contributed by atoms with van der Waals surface area (Å²) < 4.78 is 0. The minimum Gasteiger partial charge on any atom is -0.385 e. The van der Waals surface area contributed by atoms with Crippen LogP contribution in [0.1, 0.15) is 12.8 Å². The monoisotopic (exact) mass is 496 g/mol. The van der Waals surface area contributed by atoms with E-state index in [1.807, 2.05) is 11.8 Å². The first-order valence-corrected chi connectivity index (χ1v) is 14.1. The van der Waals surface area contributed by atoms with Crippen molar-refractivity contribution in [2.24, 2.45) is 0 Å². The second kappa shape index (κ2) is 14.1. The van der Waals surface area contributed by atoms with Gasteiger partial charge in [0, 0.05) is 86.6 Å². The molecular weight excluding hydrogens is 452 g/mol. The predicted octanol–water partition coefficient (Wildman–Crippen LogP) is 3.94. The van der Waals surface area contributed by atoms with Crippen molar-refractivity contribution in [3.05, 3.63) is 48.5 Å². The van der Waals surface area contributed by atoms with Crippen LogP contribution in [0.5, 0.6) is 0 Å². The molecule has 0 spiro atoms. The Hall–Kier alpha value is -1.77. The van der Waals surface area contributed by atoms with Crippen molar-refractivity contribution in [1.82, 2.24) is 19.6 Å². The van der Waals surface area contributed by atoms with E-state index >= 15 is 0 Å². The van der Waals surface area contributed by atoms with Crippen LogP contribution in [-0.4, -0.2) is 112 Å². The molecule has 2 N–H and O–H groups in total. The number of nitrogens with zero attached hydrogens (tertiary/aromatic N) is 4. The summed E-state index contributed by atoms with van der Waals surface area (Å²) in [5, 5.41) is 7.27. The van der Waals surface area contributed by atoms with Crippen LogP contribution >= 0.6 is 11.8 Å². The fourth-order valence-corrected chi connectivity index (χ4v) is 5.60. The smallest absolute Gasteiger partial charge is 0.0482 e. The Morgan fingerprint density at radius 3 is 1.80 bits per heavy atom. The molecule has 35 heavy (non-hydrogen) atoms. The summed E-state index contributed by atoms with van der Waals surface area (Å²) >= 11 is 1.84. The first-order chi connectivity index (χ1) is 17.2. The van der Waals surface area contributed by atoms with Gasteiger partial charge in [0.05, 0.1) is 0 Å². The zero-order chi connectivity index (χ0) is 24.3. The molecule has 6 nitrogen and oxygen atoms in total. The van der Waals surface area contributed by atoms with Crippen molar-refractivity contribution in [2.45, 2.75) is 22.6 Å². The normalized spacial score (nSPS) is 18.6. The number of rotatable bonds is 12. The average molecular weight is 497 g/mol. The molecule has 0 bridgehead atoms. The van der Waals surface area contributed by atoms with Crippen LogP contribution in [0.3, 0.4) is 0 Å². The van der Waals surface area contributed by atoms with Crippen molar-refractivity contribution in [1.29, 1.82) is 0 Å². The van der Waals surface area contributed by atoms with Crippen molar-refractivity contribution < 1.29 is 0 Å². The minimum atomic E-state index is 1.01. The Morgan fingerprint density at radius 1 is 0.657 bits per heavy atom. The number of piperazine rings is 2. The van der Waals surface area contributed by atoms with Crippen molar-refractivity contribution >= 4 is 23.1 Å². The summed E-state index contributed by atoms with van der Waals surface area (Å²) in [5.41, 5.74) is 2.45. The predicted molar refractivity (Wildman–Crippen MR) is 151 cm³/mol. The highest BCUT2D eigenvalue weighted by Gasteiger charge is 2.14. The molecule has 0 atom stereocenters. The van der Waals surface area contributed by atoms with Gasteiger partial charge in [-0.15, -0.1) is 0 Å². The van der Waals surface area contributed by atoms with Gasteiger partial charge < -0.3 is 30.2 Å². The number of para-hydroxylation sites is 1.